The number of anilines is 1. The van der Waals surface area contributed by atoms with Gasteiger partial charge in [-0.1, -0.05) is 12.2 Å². The number of pyridine rings is 1. The van der Waals surface area contributed by atoms with E-state index in [0.717, 1.165) is 27.9 Å². The van der Waals surface area contributed by atoms with Crippen molar-refractivity contribution in [2.75, 3.05) is 32.2 Å². The van der Waals surface area contributed by atoms with Crippen molar-refractivity contribution in [3.05, 3.63) is 42.6 Å². The first-order valence-electron chi connectivity index (χ1n) is 6.59. The molecule has 0 aliphatic heterocycles. The molecule has 4 nitrogen and oxygen atoms in total. The van der Waals surface area contributed by atoms with Crippen LogP contribution in [0.2, 0.25) is 0 Å². The normalized spacial score (nSPS) is 10.5. The highest BCUT2D eigenvalue weighted by atomic mass is 16.5. The molecule has 0 bridgehead atoms. The second-order valence-corrected chi connectivity index (χ2v) is 4.68. The van der Waals surface area contributed by atoms with Crippen molar-refractivity contribution in [2.45, 2.75) is 6.92 Å². The predicted molar refractivity (Wildman–Crippen MR) is 82.4 cm³/mol. The maximum Gasteiger partial charge on any atom is 0.133 e. The summed E-state index contributed by atoms with van der Waals surface area (Å²) in [6.07, 6.45) is 1.79. The lowest BCUT2D eigenvalue weighted by Gasteiger charge is -2.10. The molecule has 0 saturated heterocycles. The van der Waals surface area contributed by atoms with Gasteiger partial charge in [-0.2, -0.15) is 0 Å². The van der Waals surface area contributed by atoms with E-state index in [-0.39, 0.29) is 0 Å². The quantitative estimate of drug-likeness (QED) is 0.620. The summed E-state index contributed by atoms with van der Waals surface area (Å²) in [7, 11) is 1.67. The fraction of sp³-hybridized carbons (Fsp3) is 0.312. The summed E-state index contributed by atoms with van der Waals surface area (Å²) in [4.78, 5) is 4.37. The van der Waals surface area contributed by atoms with Gasteiger partial charge < -0.3 is 14.8 Å². The Hall–Kier alpha value is -2.07. The van der Waals surface area contributed by atoms with Crippen molar-refractivity contribution in [1.29, 1.82) is 0 Å². The van der Waals surface area contributed by atoms with E-state index < -0.39 is 0 Å². The lowest BCUT2D eigenvalue weighted by Crippen LogP contribution is -2.11. The number of hydrogen-bond donors (Lipinski definition) is 1. The molecule has 0 aliphatic carbocycles. The minimum Gasteiger partial charge on any atom is -0.497 e. The van der Waals surface area contributed by atoms with E-state index in [1.807, 2.05) is 31.2 Å². The summed E-state index contributed by atoms with van der Waals surface area (Å²) in [6.45, 7) is 7.69. The van der Waals surface area contributed by atoms with Gasteiger partial charge in [0, 0.05) is 18.1 Å². The molecule has 0 unspecified atom stereocenters. The van der Waals surface area contributed by atoms with Gasteiger partial charge in [-0.25, -0.2) is 4.98 Å². The van der Waals surface area contributed by atoms with Crippen LogP contribution >= 0.6 is 0 Å². The number of aromatic nitrogens is 1. The molecule has 2 rings (SSSR count). The zero-order valence-corrected chi connectivity index (χ0v) is 12.0. The topological polar surface area (TPSA) is 43.4 Å². The van der Waals surface area contributed by atoms with Gasteiger partial charge in [0.15, 0.2) is 0 Å². The highest BCUT2D eigenvalue weighted by Gasteiger charge is 2.03. The molecule has 106 valence electrons. The van der Waals surface area contributed by atoms with Gasteiger partial charge in [-0.3, -0.25) is 0 Å². The van der Waals surface area contributed by atoms with Crippen molar-refractivity contribution in [1.82, 2.24) is 4.98 Å². The summed E-state index contributed by atoms with van der Waals surface area (Å²) in [5.74, 6) is 1.71. The molecule has 1 aromatic carbocycles. The number of nitrogens with one attached hydrogen (secondary N) is 1. The smallest absolute Gasteiger partial charge is 0.133 e. The highest BCUT2D eigenvalue weighted by molar-refractivity contribution is 5.92. The minimum absolute atomic E-state index is 0.599. The SMILES string of the molecule is C=C(C)COCCNc1nccc2cc(OC)ccc12. The van der Waals surface area contributed by atoms with Crippen LogP contribution in [-0.4, -0.2) is 31.9 Å². The van der Waals surface area contributed by atoms with Crippen molar-refractivity contribution in [3.63, 3.8) is 0 Å². The molecule has 0 amide bonds. The third kappa shape index (κ3) is 3.71. The van der Waals surface area contributed by atoms with Gasteiger partial charge in [-0.05, 0) is 36.6 Å². The Morgan fingerprint density at radius 2 is 2.20 bits per heavy atom. The first-order chi connectivity index (χ1) is 9.70. The minimum atomic E-state index is 0.599. The van der Waals surface area contributed by atoms with Crippen molar-refractivity contribution >= 4 is 16.6 Å². The summed E-state index contributed by atoms with van der Waals surface area (Å²) < 4.78 is 10.7. The Morgan fingerprint density at radius 3 is 2.95 bits per heavy atom. The third-order valence-electron chi connectivity index (χ3n) is 2.86. The van der Waals surface area contributed by atoms with Gasteiger partial charge in [0.25, 0.3) is 0 Å². The molecule has 0 spiro atoms. The maximum absolute atomic E-state index is 5.46. The van der Waals surface area contributed by atoms with Crippen LogP contribution in [0.1, 0.15) is 6.92 Å². The van der Waals surface area contributed by atoms with E-state index >= 15 is 0 Å². The standard InChI is InChI=1S/C16H20N2O2/c1-12(2)11-20-9-8-18-16-15-5-4-14(19-3)10-13(15)6-7-17-16/h4-7,10H,1,8-9,11H2,2-3H3,(H,17,18). The Labute approximate surface area is 119 Å². The molecule has 1 N–H and O–H groups in total. The van der Waals surface area contributed by atoms with E-state index in [2.05, 4.69) is 16.9 Å². The van der Waals surface area contributed by atoms with Crippen LogP contribution in [-0.2, 0) is 4.74 Å². The Balaban J connectivity index is 2.01. The molecule has 4 heteroatoms. The second kappa shape index (κ2) is 6.91. The van der Waals surface area contributed by atoms with E-state index in [4.69, 9.17) is 9.47 Å². The lowest BCUT2D eigenvalue weighted by molar-refractivity contribution is 0.167. The molecule has 1 heterocycles. The summed E-state index contributed by atoms with van der Waals surface area (Å²) >= 11 is 0. The van der Waals surface area contributed by atoms with Crippen LogP contribution in [0.4, 0.5) is 5.82 Å². The summed E-state index contributed by atoms with van der Waals surface area (Å²) in [6, 6.07) is 7.92. The van der Waals surface area contributed by atoms with Crippen LogP contribution < -0.4 is 10.1 Å². The number of hydrogen-bond acceptors (Lipinski definition) is 4. The lowest BCUT2D eigenvalue weighted by atomic mass is 10.1. The Morgan fingerprint density at radius 1 is 1.35 bits per heavy atom. The monoisotopic (exact) mass is 272 g/mol. The maximum atomic E-state index is 5.46. The molecule has 20 heavy (non-hydrogen) atoms. The zero-order chi connectivity index (χ0) is 14.4. The molecular formula is C16H20N2O2. The fourth-order valence-electron chi connectivity index (χ4n) is 1.91. The molecule has 0 fully saturated rings. The third-order valence-corrected chi connectivity index (χ3v) is 2.86. The van der Waals surface area contributed by atoms with Gasteiger partial charge in [0.2, 0.25) is 0 Å². The molecular weight excluding hydrogens is 252 g/mol. The number of fused-ring (bicyclic) bond motifs is 1. The van der Waals surface area contributed by atoms with Gasteiger partial charge >= 0.3 is 0 Å². The van der Waals surface area contributed by atoms with E-state index in [0.29, 0.717) is 19.8 Å². The van der Waals surface area contributed by atoms with Crippen LogP contribution in [0.25, 0.3) is 10.8 Å². The van der Waals surface area contributed by atoms with Crippen molar-refractivity contribution in [3.8, 4) is 5.75 Å². The highest BCUT2D eigenvalue weighted by Crippen LogP contribution is 2.25. The Bertz CT molecular complexity index is 596. The van der Waals surface area contributed by atoms with Gasteiger partial charge in [-0.15, -0.1) is 0 Å². The molecule has 0 saturated carbocycles. The van der Waals surface area contributed by atoms with Crippen LogP contribution in [0.15, 0.2) is 42.6 Å². The second-order valence-electron chi connectivity index (χ2n) is 4.68. The average molecular weight is 272 g/mol. The van der Waals surface area contributed by atoms with E-state index in [1.165, 1.54) is 0 Å². The van der Waals surface area contributed by atoms with Gasteiger partial charge in [0.1, 0.15) is 11.6 Å². The van der Waals surface area contributed by atoms with Crippen LogP contribution in [0.3, 0.4) is 0 Å². The molecule has 0 aliphatic rings. The fourth-order valence-corrected chi connectivity index (χ4v) is 1.91. The zero-order valence-electron chi connectivity index (χ0n) is 12.0. The predicted octanol–water partition coefficient (Wildman–Crippen LogP) is 3.25. The van der Waals surface area contributed by atoms with Crippen LogP contribution in [0.5, 0.6) is 5.75 Å². The van der Waals surface area contributed by atoms with Crippen molar-refractivity contribution < 1.29 is 9.47 Å². The molecule has 0 radical (unpaired) electrons. The van der Waals surface area contributed by atoms with Crippen LogP contribution in [0, 0.1) is 0 Å². The first-order valence-corrected chi connectivity index (χ1v) is 6.59. The molecule has 0 atom stereocenters. The van der Waals surface area contributed by atoms with E-state index in [1.54, 1.807) is 13.3 Å². The largest absolute Gasteiger partial charge is 0.497 e. The number of benzene rings is 1. The Kier molecular flexibility index (Phi) is 4.96. The number of rotatable bonds is 7. The average Bonchev–Trinajstić information content (AvgIpc) is 2.46. The number of ether oxygens (including phenoxy) is 2. The molecule has 2 aromatic rings. The summed E-state index contributed by atoms with van der Waals surface area (Å²) in [5, 5.41) is 5.47. The molecule has 1 aromatic heterocycles. The first kappa shape index (κ1) is 14.3. The number of methoxy groups -OCH3 is 1. The van der Waals surface area contributed by atoms with Crippen molar-refractivity contribution in [2.24, 2.45) is 0 Å². The summed E-state index contributed by atoms with van der Waals surface area (Å²) in [5.41, 5.74) is 1.03. The van der Waals surface area contributed by atoms with Gasteiger partial charge in [0.05, 0.1) is 20.3 Å². The number of nitrogens with zero attached hydrogens (tertiary/aromatic N) is 1. The van der Waals surface area contributed by atoms with E-state index in [9.17, 15) is 0 Å².